The highest BCUT2D eigenvalue weighted by atomic mass is 31.2. The van der Waals surface area contributed by atoms with Crippen molar-refractivity contribution in [2.45, 2.75) is 502 Å². The Balaban J connectivity index is 5.17. The van der Waals surface area contributed by atoms with Crippen LogP contribution in [0.2, 0.25) is 0 Å². The Morgan fingerprint density at radius 3 is 0.551 bits per heavy atom. The van der Waals surface area contributed by atoms with Gasteiger partial charge in [0.1, 0.15) is 19.3 Å². The van der Waals surface area contributed by atoms with E-state index < -0.39 is 97.5 Å². The van der Waals surface area contributed by atoms with Crippen LogP contribution in [0.15, 0.2) is 0 Å². The average Bonchev–Trinajstić information content (AvgIpc) is 0.903. The number of ether oxygens (including phenoxy) is 4. The third kappa shape index (κ3) is 81.9. The zero-order chi connectivity index (χ0) is 78.1. The number of hydrogen-bond donors (Lipinski definition) is 3. The standard InChI is InChI=1S/C88H172O17P2/c1-5-9-13-17-21-25-28-31-34-36-38-40-42-44-46-48-51-53-57-61-65-69-73-86(91)99-79-84(105-88(93)75-71-67-63-59-55-52-49-47-45-43-41-39-37-35-32-29-26-22-18-14-10-6-2)81-103-107(96,97)101-77-82(89)76-100-106(94,95)102-80-83(78-98-85(90)72-68-64-60-56-24-20-16-12-8-4)104-87(92)74-70-66-62-58-54-50-33-30-27-23-19-15-11-7-3/h82-84,89H,5-81H2,1-4H3,(H,94,95)(H,96,97)/t82-,83+,84+/m0/s1. The van der Waals surface area contributed by atoms with Crippen LogP contribution in [0, 0.1) is 0 Å². The molecule has 0 saturated carbocycles. The number of hydrogen-bond acceptors (Lipinski definition) is 15. The summed E-state index contributed by atoms with van der Waals surface area (Å²) < 4.78 is 68.9. The molecule has 0 aliphatic rings. The molecule has 0 amide bonds. The summed E-state index contributed by atoms with van der Waals surface area (Å²) in [4.78, 5) is 73.2. The van der Waals surface area contributed by atoms with Crippen molar-refractivity contribution in [2.75, 3.05) is 39.6 Å². The predicted molar refractivity (Wildman–Crippen MR) is 442 cm³/mol. The molecule has 0 aliphatic heterocycles. The number of unbranched alkanes of at least 4 members (excludes halogenated alkanes) is 63. The van der Waals surface area contributed by atoms with E-state index in [0.29, 0.717) is 25.7 Å². The molecule has 5 atom stereocenters. The summed E-state index contributed by atoms with van der Waals surface area (Å²) in [7, 11) is -9.92. The van der Waals surface area contributed by atoms with Crippen molar-refractivity contribution >= 4 is 39.5 Å². The van der Waals surface area contributed by atoms with Gasteiger partial charge in [-0.1, -0.05) is 432 Å². The zero-order valence-electron chi connectivity index (χ0n) is 70.1. The first-order chi connectivity index (χ1) is 52.2. The van der Waals surface area contributed by atoms with Crippen molar-refractivity contribution < 1.29 is 80.2 Å². The van der Waals surface area contributed by atoms with E-state index in [2.05, 4.69) is 27.7 Å². The lowest BCUT2D eigenvalue weighted by Gasteiger charge is -2.21. The largest absolute Gasteiger partial charge is 0.472 e. The molecule has 0 fully saturated rings. The van der Waals surface area contributed by atoms with Gasteiger partial charge in [-0.05, 0) is 25.7 Å². The summed E-state index contributed by atoms with van der Waals surface area (Å²) in [5.41, 5.74) is 0. The highest BCUT2D eigenvalue weighted by Gasteiger charge is 2.30. The normalized spacial score (nSPS) is 13.7. The van der Waals surface area contributed by atoms with Crippen molar-refractivity contribution in [1.29, 1.82) is 0 Å². The highest BCUT2D eigenvalue weighted by molar-refractivity contribution is 7.47. The van der Waals surface area contributed by atoms with E-state index in [-0.39, 0.29) is 25.7 Å². The van der Waals surface area contributed by atoms with Gasteiger partial charge in [0.2, 0.25) is 0 Å². The molecule has 0 saturated heterocycles. The number of aliphatic hydroxyl groups is 1. The fourth-order valence-corrected chi connectivity index (χ4v) is 15.5. The lowest BCUT2D eigenvalue weighted by molar-refractivity contribution is -0.161. The van der Waals surface area contributed by atoms with E-state index >= 15 is 0 Å². The molecular formula is C88H172O17P2. The molecular weight excluding hydrogens is 1390 g/mol. The molecule has 17 nitrogen and oxygen atoms in total. The Morgan fingerprint density at radius 1 is 0.224 bits per heavy atom. The Kier molecular flexibility index (Phi) is 80.6. The fraction of sp³-hybridized carbons (Fsp3) is 0.955. The number of aliphatic hydroxyl groups excluding tert-OH is 1. The summed E-state index contributed by atoms with van der Waals surface area (Å²) in [6, 6.07) is 0. The summed E-state index contributed by atoms with van der Waals surface area (Å²) in [6.07, 6.45) is 78.0. The first-order valence-electron chi connectivity index (χ1n) is 45.8. The fourth-order valence-electron chi connectivity index (χ4n) is 13.9. The topological polar surface area (TPSA) is 237 Å². The van der Waals surface area contributed by atoms with E-state index in [0.717, 1.165) is 89.9 Å². The van der Waals surface area contributed by atoms with Crippen LogP contribution in [0.4, 0.5) is 0 Å². The first-order valence-corrected chi connectivity index (χ1v) is 48.8. The molecule has 0 bridgehead atoms. The Morgan fingerprint density at radius 2 is 0.374 bits per heavy atom. The zero-order valence-corrected chi connectivity index (χ0v) is 71.9. The van der Waals surface area contributed by atoms with Crippen LogP contribution < -0.4 is 0 Å². The number of carbonyl (C=O) groups is 4. The van der Waals surface area contributed by atoms with E-state index in [1.54, 1.807) is 0 Å². The molecule has 0 aromatic carbocycles. The minimum absolute atomic E-state index is 0.109. The molecule has 636 valence electrons. The Labute approximate surface area is 658 Å². The highest BCUT2D eigenvalue weighted by Crippen LogP contribution is 2.45. The van der Waals surface area contributed by atoms with Gasteiger partial charge in [0.15, 0.2) is 12.2 Å². The maximum atomic E-state index is 13.2. The van der Waals surface area contributed by atoms with Crippen molar-refractivity contribution in [3.05, 3.63) is 0 Å². The number of carbonyl (C=O) groups excluding carboxylic acids is 4. The number of phosphoric acid groups is 2. The third-order valence-electron chi connectivity index (χ3n) is 20.9. The van der Waals surface area contributed by atoms with Crippen LogP contribution in [-0.2, 0) is 65.4 Å². The van der Waals surface area contributed by atoms with Crippen molar-refractivity contribution in [2.24, 2.45) is 0 Å². The molecule has 0 radical (unpaired) electrons. The Bertz CT molecular complexity index is 2020. The molecule has 2 unspecified atom stereocenters. The van der Waals surface area contributed by atoms with Crippen LogP contribution in [0.5, 0.6) is 0 Å². The van der Waals surface area contributed by atoms with Gasteiger partial charge in [0.25, 0.3) is 0 Å². The van der Waals surface area contributed by atoms with Crippen LogP contribution in [0.1, 0.15) is 484 Å². The molecule has 0 aromatic rings. The second-order valence-electron chi connectivity index (χ2n) is 31.6. The van der Waals surface area contributed by atoms with E-state index in [4.69, 9.17) is 37.0 Å². The van der Waals surface area contributed by atoms with Gasteiger partial charge in [0, 0.05) is 25.7 Å². The third-order valence-corrected chi connectivity index (χ3v) is 22.8. The quantitative estimate of drug-likeness (QED) is 0.0222. The van der Waals surface area contributed by atoms with Gasteiger partial charge in [-0.2, -0.15) is 0 Å². The second-order valence-corrected chi connectivity index (χ2v) is 34.5. The lowest BCUT2D eigenvalue weighted by atomic mass is 10.0. The van der Waals surface area contributed by atoms with Crippen LogP contribution >= 0.6 is 15.6 Å². The van der Waals surface area contributed by atoms with E-state index in [1.807, 2.05) is 0 Å². The summed E-state index contributed by atoms with van der Waals surface area (Å²) in [6.45, 7) is 5.04. The van der Waals surface area contributed by atoms with Crippen LogP contribution in [-0.4, -0.2) is 96.7 Å². The summed E-state index contributed by atoms with van der Waals surface area (Å²) >= 11 is 0. The molecule has 0 rings (SSSR count). The molecule has 107 heavy (non-hydrogen) atoms. The lowest BCUT2D eigenvalue weighted by Crippen LogP contribution is -2.30. The predicted octanol–water partition coefficient (Wildman–Crippen LogP) is 27.3. The van der Waals surface area contributed by atoms with Gasteiger partial charge >= 0.3 is 39.5 Å². The minimum atomic E-state index is -4.97. The van der Waals surface area contributed by atoms with Crippen molar-refractivity contribution in [1.82, 2.24) is 0 Å². The van der Waals surface area contributed by atoms with Crippen LogP contribution in [0.25, 0.3) is 0 Å². The smallest absolute Gasteiger partial charge is 0.462 e. The molecule has 0 spiro atoms. The molecule has 3 N–H and O–H groups in total. The molecule has 0 aromatic heterocycles. The van der Waals surface area contributed by atoms with Gasteiger partial charge in [-0.3, -0.25) is 37.3 Å². The summed E-state index contributed by atoms with van der Waals surface area (Å²) in [5.74, 6) is -2.10. The maximum absolute atomic E-state index is 13.2. The van der Waals surface area contributed by atoms with Gasteiger partial charge in [-0.15, -0.1) is 0 Å². The average molecular weight is 1560 g/mol. The first kappa shape index (κ1) is 105. The summed E-state index contributed by atoms with van der Waals surface area (Å²) in [5, 5.41) is 10.7. The van der Waals surface area contributed by atoms with Crippen molar-refractivity contribution in [3.8, 4) is 0 Å². The van der Waals surface area contributed by atoms with Crippen LogP contribution in [0.3, 0.4) is 0 Å². The molecule has 0 aliphatic carbocycles. The van der Waals surface area contributed by atoms with Gasteiger partial charge in [0.05, 0.1) is 26.4 Å². The van der Waals surface area contributed by atoms with Gasteiger partial charge < -0.3 is 33.8 Å². The second kappa shape index (κ2) is 82.1. The van der Waals surface area contributed by atoms with E-state index in [9.17, 15) is 43.2 Å². The number of phosphoric ester groups is 2. The Hall–Kier alpha value is -1.94. The monoisotopic (exact) mass is 1560 g/mol. The maximum Gasteiger partial charge on any atom is 0.472 e. The minimum Gasteiger partial charge on any atom is -0.462 e. The number of rotatable bonds is 89. The van der Waals surface area contributed by atoms with E-state index in [1.165, 1.54) is 315 Å². The number of esters is 4. The molecule has 0 heterocycles. The van der Waals surface area contributed by atoms with Crippen molar-refractivity contribution in [3.63, 3.8) is 0 Å². The molecule has 19 heteroatoms. The SMILES string of the molecule is CCCCCCCCCCCCCCCCCCCCCCCCC(=O)OC[C@H](COP(=O)(O)OC[C@@H](O)COP(=O)(O)OC[C@@H](COC(=O)CCCCCCCCCCC)OC(=O)CCCCCCCCCCCCCCCC)OC(=O)CCCCCCCCCCCCCCCCCCCCCCCC. The van der Waals surface area contributed by atoms with Gasteiger partial charge in [-0.25, -0.2) is 9.13 Å².